The molecule has 0 atom stereocenters. The monoisotopic (exact) mass is 441 g/mol. The summed E-state index contributed by atoms with van der Waals surface area (Å²) in [7, 11) is 3.15. The summed E-state index contributed by atoms with van der Waals surface area (Å²) in [6, 6.07) is 12.9. The van der Waals surface area contributed by atoms with E-state index in [0.717, 1.165) is 21.9 Å². The maximum atomic E-state index is 12.5. The molecule has 4 rings (SSSR count). The zero-order chi connectivity index (χ0) is 21.1. The number of benzene rings is 2. The van der Waals surface area contributed by atoms with Crippen LogP contribution >= 0.6 is 22.9 Å². The van der Waals surface area contributed by atoms with Crippen molar-refractivity contribution in [1.82, 2.24) is 9.38 Å². The number of nitrogens with zero attached hydrogens (tertiary/aromatic N) is 2. The first-order valence-electron chi connectivity index (χ1n) is 9.30. The van der Waals surface area contributed by atoms with Crippen LogP contribution in [0, 0.1) is 0 Å². The zero-order valence-electron chi connectivity index (χ0n) is 16.5. The van der Waals surface area contributed by atoms with Crippen molar-refractivity contribution in [2.45, 2.75) is 12.8 Å². The van der Waals surface area contributed by atoms with Crippen molar-refractivity contribution in [2.24, 2.45) is 0 Å². The molecule has 2 aromatic carbocycles. The molecule has 1 amide bonds. The number of imidazole rings is 1. The number of carbonyl (C=O) groups is 1. The molecule has 154 valence electrons. The van der Waals surface area contributed by atoms with Gasteiger partial charge in [-0.15, -0.1) is 11.3 Å². The van der Waals surface area contributed by atoms with Gasteiger partial charge in [-0.25, -0.2) is 4.98 Å². The van der Waals surface area contributed by atoms with Crippen molar-refractivity contribution in [3.63, 3.8) is 0 Å². The Morgan fingerprint density at radius 2 is 1.97 bits per heavy atom. The highest BCUT2D eigenvalue weighted by Gasteiger charge is 2.13. The molecule has 2 heterocycles. The van der Waals surface area contributed by atoms with Crippen molar-refractivity contribution in [3.8, 4) is 22.8 Å². The van der Waals surface area contributed by atoms with Crippen LogP contribution in [0.1, 0.15) is 12.1 Å². The molecule has 0 radical (unpaired) electrons. The summed E-state index contributed by atoms with van der Waals surface area (Å²) >= 11 is 7.53. The Hall–Kier alpha value is -3.03. The third kappa shape index (κ3) is 4.27. The summed E-state index contributed by atoms with van der Waals surface area (Å²) in [5.41, 5.74) is 3.51. The van der Waals surface area contributed by atoms with E-state index in [1.807, 2.05) is 40.2 Å². The minimum Gasteiger partial charge on any atom is -0.497 e. The second kappa shape index (κ2) is 8.77. The maximum absolute atomic E-state index is 12.5. The number of methoxy groups -OCH3 is 2. The first kappa shape index (κ1) is 20.3. The predicted octanol–water partition coefficient (Wildman–Crippen LogP) is 5.30. The fourth-order valence-electron chi connectivity index (χ4n) is 3.13. The van der Waals surface area contributed by atoms with E-state index in [1.165, 1.54) is 0 Å². The number of anilines is 1. The number of nitrogens with one attached hydrogen (secondary N) is 1. The molecule has 6 nitrogen and oxygen atoms in total. The van der Waals surface area contributed by atoms with Crippen LogP contribution in [0.2, 0.25) is 5.02 Å². The van der Waals surface area contributed by atoms with Crippen LogP contribution in [0.15, 0.2) is 54.0 Å². The number of amides is 1. The van der Waals surface area contributed by atoms with E-state index in [4.69, 9.17) is 21.1 Å². The zero-order valence-corrected chi connectivity index (χ0v) is 18.1. The first-order chi connectivity index (χ1) is 14.6. The Morgan fingerprint density at radius 3 is 2.70 bits per heavy atom. The van der Waals surface area contributed by atoms with Gasteiger partial charge in [0.25, 0.3) is 0 Å². The number of thiazole rings is 1. The number of aromatic nitrogens is 2. The lowest BCUT2D eigenvalue weighted by Gasteiger charge is -2.11. The van der Waals surface area contributed by atoms with Crippen LogP contribution in [-0.2, 0) is 11.2 Å². The molecule has 0 bridgehead atoms. The minimum absolute atomic E-state index is 0.0982. The van der Waals surface area contributed by atoms with Crippen LogP contribution < -0.4 is 14.8 Å². The maximum Gasteiger partial charge on any atom is 0.224 e. The van der Waals surface area contributed by atoms with E-state index in [9.17, 15) is 4.79 Å². The predicted molar refractivity (Wildman–Crippen MR) is 120 cm³/mol. The summed E-state index contributed by atoms with van der Waals surface area (Å²) in [6.07, 6.45) is 2.92. The van der Waals surface area contributed by atoms with Gasteiger partial charge < -0.3 is 14.8 Å². The van der Waals surface area contributed by atoms with Gasteiger partial charge >= 0.3 is 0 Å². The fraction of sp³-hybridized carbons (Fsp3) is 0.182. The lowest BCUT2D eigenvalue weighted by Crippen LogP contribution is -2.13. The molecule has 0 unspecified atom stereocenters. The topological polar surface area (TPSA) is 64.9 Å². The van der Waals surface area contributed by atoms with Crippen LogP contribution in [0.25, 0.3) is 16.2 Å². The third-order valence-electron chi connectivity index (χ3n) is 4.71. The van der Waals surface area contributed by atoms with Gasteiger partial charge in [-0.05, 0) is 30.7 Å². The molecular formula is C22H20ClN3O3S. The highest BCUT2D eigenvalue weighted by molar-refractivity contribution is 7.15. The molecule has 4 aromatic rings. The summed E-state index contributed by atoms with van der Waals surface area (Å²) in [5.74, 6) is 1.14. The molecule has 0 fully saturated rings. The second-order valence-corrected chi connectivity index (χ2v) is 7.90. The molecular weight excluding hydrogens is 422 g/mol. The number of rotatable bonds is 7. The summed E-state index contributed by atoms with van der Waals surface area (Å²) in [6.45, 7) is 0. The Balaban J connectivity index is 1.46. The van der Waals surface area contributed by atoms with Gasteiger partial charge in [-0.3, -0.25) is 9.20 Å². The average Bonchev–Trinajstić information content (AvgIpc) is 3.34. The third-order valence-corrected chi connectivity index (χ3v) is 5.85. The Bertz CT molecular complexity index is 1180. The van der Waals surface area contributed by atoms with E-state index in [2.05, 4.69) is 10.3 Å². The molecule has 0 saturated carbocycles. The average molecular weight is 442 g/mol. The van der Waals surface area contributed by atoms with E-state index in [1.54, 1.807) is 43.8 Å². The summed E-state index contributed by atoms with van der Waals surface area (Å²) in [4.78, 5) is 18.1. The molecule has 0 saturated heterocycles. The lowest BCUT2D eigenvalue weighted by molar-refractivity contribution is -0.116. The van der Waals surface area contributed by atoms with Gasteiger partial charge in [0.2, 0.25) is 5.91 Å². The van der Waals surface area contributed by atoms with E-state index in [0.29, 0.717) is 35.1 Å². The van der Waals surface area contributed by atoms with Crippen LogP contribution in [0.3, 0.4) is 0 Å². The number of ether oxygens (including phenoxy) is 2. The quantitative estimate of drug-likeness (QED) is 0.422. The van der Waals surface area contributed by atoms with Gasteiger partial charge in [0, 0.05) is 40.3 Å². The normalized spacial score (nSPS) is 10.9. The Morgan fingerprint density at radius 1 is 1.17 bits per heavy atom. The standard InChI is InChI=1S/C22H20ClN3O3S/c1-28-17-8-9-20(29-2)18(11-17)24-21(27)10-7-16-13-30-22-25-19(12-26(16)22)14-3-5-15(23)6-4-14/h3-6,8-9,11-13H,7,10H2,1-2H3,(H,24,27). The van der Waals surface area contributed by atoms with Crippen molar-refractivity contribution >= 4 is 39.5 Å². The molecule has 8 heteroatoms. The highest BCUT2D eigenvalue weighted by atomic mass is 35.5. The van der Waals surface area contributed by atoms with Crippen molar-refractivity contribution in [2.75, 3.05) is 19.5 Å². The lowest BCUT2D eigenvalue weighted by atomic mass is 10.2. The minimum atomic E-state index is -0.0982. The first-order valence-corrected chi connectivity index (χ1v) is 10.6. The number of fused-ring (bicyclic) bond motifs is 1. The number of hydrogen-bond donors (Lipinski definition) is 1. The second-order valence-electron chi connectivity index (χ2n) is 6.63. The number of halogens is 1. The van der Waals surface area contributed by atoms with Crippen LogP contribution in [-0.4, -0.2) is 29.5 Å². The van der Waals surface area contributed by atoms with Crippen molar-refractivity contribution in [3.05, 3.63) is 64.8 Å². The van der Waals surface area contributed by atoms with Gasteiger partial charge in [-0.1, -0.05) is 23.7 Å². The smallest absolute Gasteiger partial charge is 0.224 e. The number of carbonyl (C=O) groups excluding carboxylic acids is 1. The van der Waals surface area contributed by atoms with Gasteiger partial charge in [0.05, 0.1) is 25.6 Å². The van der Waals surface area contributed by atoms with E-state index >= 15 is 0 Å². The summed E-state index contributed by atoms with van der Waals surface area (Å²) in [5, 5.41) is 5.63. The largest absolute Gasteiger partial charge is 0.497 e. The van der Waals surface area contributed by atoms with Crippen LogP contribution in [0.5, 0.6) is 11.5 Å². The molecule has 0 aliphatic carbocycles. The number of aryl methyl sites for hydroxylation is 1. The van der Waals surface area contributed by atoms with Gasteiger partial charge in [0.1, 0.15) is 11.5 Å². The highest BCUT2D eigenvalue weighted by Crippen LogP contribution is 2.29. The van der Waals surface area contributed by atoms with Crippen molar-refractivity contribution < 1.29 is 14.3 Å². The molecule has 2 aromatic heterocycles. The summed E-state index contributed by atoms with van der Waals surface area (Å²) < 4.78 is 12.6. The Kier molecular flexibility index (Phi) is 5.92. The van der Waals surface area contributed by atoms with Crippen molar-refractivity contribution in [1.29, 1.82) is 0 Å². The molecule has 1 N–H and O–H groups in total. The van der Waals surface area contributed by atoms with E-state index < -0.39 is 0 Å². The van der Waals surface area contributed by atoms with Gasteiger partial charge in [-0.2, -0.15) is 0 Å². The molecule has 0 aliphatic rings. The van der Waals surface area contributed by atoms with Gasteiger partial charge in [0.15, 0.2) is 4.96 Å². The SMILES string of the molecule is COc1ccc(OC)c(NC(=O)CCc2csc3nc(-c4ccc(Cl)cc4)cn23)c1. The fourth-order valence-corrected chi connectivity index (χ4v) is 4.17. The number of hydrogen-bond acceptors (Lipinski definition) is 5. The Labute approximate surface area is 183 Å². The molecule has 0 spiro atoms. The van der Waals surface area contributed by atoms with Crippen LogP contribution in [0.4, 0.5) is 5.69 Å². The molecule has 0 aliphatic heterocycles. The molecule has 30 heavy (non-hydrogen) atoms. The van der Waals surface area contributed by atoms with E-state index in [-0.39, 0.29) is 5.91 Å².